The van der Waals surface area contributed by atoms with Crippen LogP contribution in [-0.4, -0.2) is 72.1 Å². The van der Waals surface area contributed by atoms with Crippen molar-refractivity contribution in [3.05, 3.63) is 123 Å². The summed E-state index contributed by atoms with van der Waals surface area (Å²) in [5, 5.41) is 45.9. The number of ether oxygens (including phenoxy) is 1. The molecule has 0 saturated carbocycles. The quantitative estimate of drug-likeness (QED) is 0.198. The van der Waals surface area contributed by atoms with Crippen molar-refractivity contribution < 1.29 is 44.3 Å². The minimum Gasteiger partial charge on any atom is -0.476 e. The van der Waals surface area contributed by atoms with Crippen molar-refractivity contribution in [2.45, 2.75) is 42.9 Å². The number of nitrogens with zero attached hydrogens (tertiary/aromatic N) is 1. The lowest BCUT2D eigenvalue weighted by atomic mass is 9.68. The maximum absolute atomic E-state index is 14.3. The second-order valence-electron chi connectivity index (χ2n) is 10.0. The van der Waals surface area contributed by atoms with E-state index in [9.17, 15) is 39.6 Å². The predicted octanol–water partition coefficient (Wildman–Crippen LogP) is 3.32. The van der Waals surface area contributed by atoms with Crippen molar-refractivity contribution in [1.82, 2.24) is 4.98 Å². The van der Waals surface area contributed by atoms with Crippen LogP contribution in [0, 0.1) is 0 Å². The number of benzene rings is 3. The van der Waals surface area contributed by atoms with Gasteiger partial charge in [-0.2, -0.15) is 0 Å². The van der Waals surface area contributed by atoms with Crippen molar-refractivity contribution in [2.75, 3.05) is 0 Å². The average Bonchev–Trinajstić information content (AvgIpc) is 3.58. The number of carboxylic acid groups (broad SMARTS) is 1. The highest BCUT2D eigenvalue weighted by atomic mass is 32.1. The highest BCUT2D eigenvalue weighted by Crippen LogP contribution is 2.53. The van der Waals surface area contributed by atoms with Gasteiger partial charge >= 0.3 is 5.97 Å². The molecule has 1 unspecified atom stereocenters. The van der Waals surface area contributed by atoms with Gasteiger partial charge in [-0.1, -0.05) is 97.9 Å². The number of carbonyl (C=O) groups is 4. The lowest BCUT2D eigenvalue weighted by molar-refractivity contribution is -0.105. The summed E-state index contributed by atoms with van der Waals surface area (Å²) in [5.74, 6) is -4.67. The largest absolute Gasteiger partial charge is 0.476 e. The van der Waals surface area contributed by atoms with Gasteiger partial charge in [-0.05, 0) is 6.42 Å². The van der Waals surface area contributed by atoms with E-state index in [0.717, 1.165) is 11.3 Å². The Labute approximate surface area is 249 Å². The molecule has 3 aromatic carbocycles. The first kappa shape index (κ1) is 30.1. The van der Waals surface area contributed by atoms with Gasteiger partial charge in [0.25, 0.3) is 0 Å². The first-order chi connectivity index (χ1) is 20.5. The Balaban J connectivity index is 1.77. The first-order valence-electron chi connectivity index (χ1n) is 13.4. The Bertz CT molecular complexity index is 1670. The van der Waals surface area contributed by atoms with Crippen LogP contribution in [0.1, 0.15) is 64.5 Å². The summed E-state index contributed by atoms with van der Waals surface area (Å²) >= 11 is 0.809. The number of aromatic nitrogens is 1. The van der Waals surface area contributed by atoms with Crippen LogP contribution in [0.5, 0.6) is 0 Å². The van der Waals surface area contributed by atoms with Gasteiger partial charge in [-0.3, -0.25) is 14.4 Å². The van der Waals surface area contributed by atoms with Crippen molar-refractivity contribution in [1.29, 1.82) is 0 Å². The number of aliphatic hydroxyl groups is 3. The van der Waals surface area contributed by atoms with Crippen LogP contribution in [0.4, 0.5) is 0 Å². The van der Waals surface area contributed by atoms with Gasteiger partial charge in [-0.25, -0.2) is 9.78 Å². The number of aryl methyl sites for hydroxylation is 1. The molecule has 4 N–H and O–H groups in total. The third-order valence-electron chi connectivity index (χ3n) is 7.49. The summed E-state index contributed by atoms with van der Waals surface area (Å²) in [6.07, 6.45) is -6.16. The second-order valence-corrected chi connectivity index (χ2v) is 11.1. The number of Topliss-reactive ketones (excluding diaryl/α,β-unsaturated/α-hetero) is 3. The molecule has 1 fully saturated rings. The Hall–Kier alpha value is -4.39. The van der Waals surface area contributed by atoms with Gasteiger partial charge in [-0.15, -0.1) is 11.3 Å². The molecule has 1 aliphatic heterocycles. The molecule has 0 bridgehead atoms. The first-order valence-corrected chi connectivity index (χ1v) is 14.2. The molecule has 0 amide bonds. The zero-order valence-corrected chi connectivity index (χ0v) is 23.6. The molecule has 4 aromatic rings. The summed E-state index contributed by atoms with van der Waals surface area (Å²) < 4.78 is 6.00. The Morgan fingerprint density at radius 2 is 1.28 bits per heavy atom. The van der Waals surface area contributed by atoms with Crippen LogP contribution in [0.3, 0.4) is 0 Å². The van der Waals surface area contributed by atoms with E-state index < -0.39 is 52.8 Å². The molecule has 0 radical (unpaired) electrons. The molecule has 5 atom stereocenters. The average molecular weight is 602 g/mol. The fourth-order valence-corrected chi connectivity index (χ4v) is 6.41. The summed E-state index contributed by atoms with van der Waals surface area (Å²) in [7, 11) is 0. The fourth-order valence-electron chi connectivity index (χ4n) is 5.31. The maximum atomic E-state index is 14.3. The normalized spacial score (nSPS) is 23.9. The molecule has 1 aliphatic rings. The standard InChI is InChI=1S/C32H27NO9S/c1-2-21-22(30(38)39)33-29(43-21)28-32(41,26(37)20-16-10-5-11-17-20)31(40,25(36)19-14-8-4-9-15-19)27(42-28)24(35)23(34)18-12-6-3-7-13-18/h3-17,24,27-28,35,40-41H,2H2,1H3,(H,38,39)/t24?,27-,28+,31-,32+/m1/s1. The number of aromatic carboxylic acids is 1. The van der Waals surface area contributed by atoms with Crippen LogP contribution in [0.2, 0.25) is 0 Å². The summed E-state index contributed by atoms with van der Waals surface area (Å²) in [6, 6.07) is 22.2. The van der Waals surface area contributed by atoms with Crippen molar-refractivity contribution in [3.8, 4) is 0 Å². The Kier molecular flexibility index (Phi) is 8.19. The number of carboxylic acids is 1. The lowest BCUT2D eigenvalue weighted by Crippen LogP contribution is -2.68. The van der Waals surface area contributed by atoms with Gasteiger partial charge in [0, 0.05) is 21.6 Å². The molecule has 11 heteroatoms. The number of hydrogen-bond acceptors (Lipinski definition) is 10. The number of carbonyl (C=O) groups excluding carboxylic acids is 3. The smallest absolute Gasteiger partial charge is 0.355 e. The second kappa shape index (κ2) is 11.7. The molecule has 1 aromatic heterocycles. The summed E-state index contributed by atoms with van der Waals surface area (Å²) in [5.41, 5.74) is -7.03. The zero-order chi connectivity index (χ0) is 30.9. The molecule has 2 heterocycles. The van der Waals surface area contributed by atoms with Crippen LogP contribution in [0.15, 0.2) is 91.0 Å². The monoisotopic (exact) mass is 601 g/mol. The Morgan fingerprint density at radius 1 is 0.814 bits per heavy atom. The van der Waals surface area contributed by atoms with E-state index in [4.69, 9.17) is 4.74 Å². The number of ketones is 3. The van der Waals surface area contributed by atoms with E-state index in [-0.39, 0.29) is 38.7 Å². The Morgan fingerprint density at radius 3 is 1.72 bits per heavy atom. The highest BCUT2D eigenvalue weighted by molar-refractivity contribution is 7.12. The summed E-state index contributed by atoms with van der Waals surface area (Å²) in [4.78, 5) is 58.3. The van der Waals surface area contributed by atoms with E-state index in [1.807, 2.05) is 0 Å². The van der Waals surface area contributed by atoms with Crippen LogP contribution in [-0.2, 0) is 11.2 Å². The van der Waals surface area contributed by atoms with Crippen LogP contribution >= 0.6 is 11.3 Å². The van der Waals surface area contributed by atoms with Gasteiger partial charge in [0.2, 0.25) is 11.6 Å². The number of thiazole rings is 1. The van der Waals surface area contributed by atoms with Crippen molar-refractivity contribution >= 4 is 34.7 Å². The lowest BCUT2D eigenvalue weighted by Gasteiger charge is -2.39. The third kappa shape index (κ3) is 4.90. The topological polar surface area (TPSA) is 171 Å². The fraction of sp³-hybridized carbons (Fsp3) is 0.219. The molecule has 220 valence electrons. The predicted molar refractivity (Wildman–Crippen MR) is 154 cm³/mol. The minimum absolute atomic E-state index is 0.0187. The zero-order valence-electron chi connectivity index (χ0n) is 22.8. The molecular formula is C32H27NO9S. The minimum atomic E-state index is -3.25. The maximum Gasteiger partial charge on any atom is 0.355 e. The van der Waals surface area contributed by atoms with E-state index in [2.05, 4.69) is 4.98 Å². The van der Waals surface area contributed by atoms with Gasteiger partial charge in [0.15, 0.2) is 22.7 Å². The molecule has 0 aliphatic carbocycles. The highest BCUT2D eigenvalue weighted by Gasteiger charge is 2.75. The molecule has 0 spiro atoms. The van der Waals surface area contributed by atoms with Crippen molar-refractivity contribution in [3.63, 3.8) is 0 Å². The summed E-state index contributed by atoms with van der Waals surface area (Å²) in [6.45, 7) is 1.68. The van der Waals surface area contributed by atoms with Crippen LogP contribution < -0.4 is 0 Å². The van der Waals surface area contributed by atoms with Gasteiger partial charge in [0.05, 0.1) is 0 Å². The van der Waals surface area contributed by atoms with Crippen molar-refractivity contribution in [2.24, 2.45) is 0 Å². The van der Waals surface area contributed by atoms with E-state index in [0.29, 0.717) is 0 Å². The number of rotatable bonds is 10. The number of aliphatic hydroxyl groups excluding tert-OH is 1. The molecule has 1 saturated heterocycles. The molecular weight excluding hydrogens is 574 g/mol. The van der Waals surface area contributed by atoms with E-state index in [1.165, 1.54) is 60.7 Å². The SMILES string of the molecule is CCc1sc([C@@H]2O[C@H](C(O)C(=O)c3ccccc3)[C@](O)(C(=O)c3ccccc3)[C@]2(O)C(=O)c2ccccc2)nc1C(=O)O. The molecule has 10 nitrogen and oxygen atoms in total. The van der Waals surface area contributed by atoms with Crippen LogP contribution in [0.25, 0.3) is 0 Å². The number of hydrogen-bond donors (Lipinski definition) is 4. The van der Waals surface area contributed by atoms with Gasteiger partial charge < -0.3 is 25.2 Å². The van der Waals surface area contributed by atoms with E-state index >= 15 is 0 Å². The van der Waals surface area contributed by atoms with E-state index in [1.54, 1.807) is 37.3 Å². The third-order valence-corrected chi connectivity index (χ3v) is 8.74. The van der Waals surface area contributed by atoms with Gasteiger partial charge in [0.1, 0.15) is 23.3 Å². The molecule has 43 heavy (non-hydrogen) atoms. The molecule has 5 rings (SSSR count).